The lowest BCUT2D eigenvalue weighted by Crippen LogP contribution is -2.50. The van der Waals surface area contributed by atoms with Crippen molar-refractivity contribution in [2.24, 2.45) is 5.92 Å². The van der Waals surface area contributed by atoms with Crippen molar-refractivity contribution in [3.8, 4) is 0 Å². The van der Waals surface area contributed by atoms with Crippen molar-refractivity contribution in [3.05, 3.63) is 17.0 Å². The van der Waals surface area contributed by atoms with Gasteiger partial charge in [-0.25, -0.2) is 9.50 Å². The summed E-state index contributed by atoms with van der Waals surface area (Å²) in [6, 6.07) is 0.455. The smallest absolute Gasteiger partial charge is 0.253 e. The maximum Gasteiger partial charge on any atom is 0.253 e. The number of aryl methyl sites for hydroxylation is 2. The Bertz CT molecular complexity index is 831. The molecule has 4 rings (SSSR count). The number of aromatic nitrogens is 4. The van der Waals surface area contributed by atoms with Crippen LogP contribution in [-0.2, 0) is 11.2 Å². The largest absolute Gasteiger partial charge is 0.339 e. The summed E-state index contributed by atoms with van der Waals surface area (Å²) in [6.45, 7) is 4.90. The topological polar surface area (TPSA) is 63.4 Å². The van der Waals surface area contributed by atoms with Crippen molar-refractivity contribution in [2.45, 2.75) is 70.0 Å². The molecule has 2 atom stereocenters. The van der Waals surface area contributed by atoms with E-state index in [4.69, 9.17) is 0 Å². The molecule has 3 heterocycles. The molecule has 2 aromatic heterocycles. The molecule has 7 heteroatoms. The summed E-state index contributed by atoms with van der Waals surface area (Å²) in [5, 5.41) is 5.21. The Kier molecular flexibility index (Phi) is 4.90. The Labute approximate surface area is 158 Å². The van der Waals surface area contributed by atoms with E-state index in [0.29, 0.717) is 29.3 Å². The van der Waals surface area contributed by atoms with Gasteiger partial charge in [-0.05, 0) is 51.7 Å². The number of hydrogen-bond acceptors (Lipinski definition) is 5. The minimum absolute atomic E-state index is 0.249. The molecular formula is C19H27N5OS. The van der Waals surface area contributed by atoms with Crippen molar-refractivity contribution in [1.29, 1.82) is 0 Å². The van der Waals surface area contributed by atoms with Gasteiger partial charge in [-0.15, -0.1) is 5.10 Å². The molecule has 1 amide bonds. The van der Waals surface area contributed by atoms with Gasteiger partial charge in [0.2, 0.25) is 11.1 Å². The highest BCUT2D eigenvalue weighted by Gasteiger charge is 2.35. The number of amides is 1. The molecule has 2 fully saturated rings. The third kappa shape index (κ3) is 3.10. The van der Waals surface area contributed by atoms with Crippen molar-refractivity contribution in [3.63, 3.8) is 0 Å². The second kappa shape index (κ2) is 7.18. The van der Waals surface area contributed by atoms with E-state index in [2.05, 4.69) is 20.0 Å². The first kappa shape index (κ1) is 17.8. The lowest BCUT2D eigenvalue weighted by Gasteiger charge is -2.44. The molecule has 0 N–H and O–H groups in total. The summed E-state index contributed by atoms with van der Waals surface area (Å²) >= 11 is 1.51. The molecule has 0 radical (unpaired) electrons. The minimum atomic E-state index is 0.249. The molecule has 1 saturated carbocycles. The van der Waals surface area contributed by atoms with Crippen LogP contribution in [0.15, 0.2) is 5.16 Å². The standard InChI is InChI=1S/C19H27N5OS/c1-12-15(13(2)24-18(20-12)21-19(22-24)26-3)11-17(25)23-10-6-8-14-7-4-5-9-16(14)23/h14,16H,4-11H2,1-3H3/t14-,16-/m0/s1. The molecule has 0 aromatic carbocycles. The van der Waals surface area contributed by atoms with Gasteiger partial charge in [0, 0.05) is 29.5 Å². The summed E-state index contributed by atoms with van der Waals surface area (Å²) < 4.78 is 1.78. The van der Waals surface area contributed by atoms with Crippen LogP contribution >= 0.6 is 11.8 Å². The van der Waals surface area contributed by atoms with E-state index in [1.807, 2.05) is 20.1 Å². The van der Waals surface area contributed by atoms with Crippen LogP contribution in [0.3, 0.4) is 0 Å². The molecule has 6 nitrogen and oxygen atoms in total. The highest BCUT2D eigenvalue weighted by atomic mass is 32.2. The van der Waals surface area contributed by atoms with E-state index in [0.717, 1.165) is 29.9 Å². The summed E-state index contributed by atoms with van der Waals surface area (Å²) in [4.78, 5) is 24.4. The minimum Gasteiger partial charge on any atom is -0.339 e. The van der Waals surface area contributed by atoms with Gasteiger partial charge < -0.3 is 4.90 Å². The Morgan fingerprint density at radius 3 is 2.73 bits per heavy atom. The Morgan fingerprint density at radius 2 is 1.92 bits per heavy atom. The zero-order valence-electron chi connectivity index (χ0n) is 15.9. The van der Waals surface area contributed by atoms with Crippen LogP contribution in [0.25, 0.3) is 5.78 Å². The van der Waals surface area contributed by atoms with Crippen molar-refractivity contribution in [1.82, 2.24) is 24.5 Å². The number of nitrogens with zero attached hydrogens (tertiary/aromatic N) is 5. The van der Waals surface area contributed by atoms with Crippen LogP contribution in [0.2, 0.25) is 0 Å². The first-order chi connectivity index (χ1) is 12.6. The predicted molar refractivity (Wildman–Crippen MR) is 102 cm³/mol. The molecule has 0 bridgehead atoms. The number of hydrogen-bond donors (Lipinski definition) is 0. The number of thioether (sulfide) groups is 1. The maximum absolute atomic E-state index is 13.2. The third-order valence-corrected chi connectivity index (χ3v) is 6.64. The van der Waals surface area contributed by atoms with Crippen LogP contribution in [0.5, 0.6) is 0 Å². The maximum atomic E-state index is 13.2. The number of carbonyl (C=O) groups is 1. The van der Waals surface area contributed by atoms with Gasteiger partial charge >= 0.3 is 0 Å². The van der Waals surface area contributed by atoms with Crippen molar-refractivity contribution < 1.29 is 4.79 Å². The first-order valence-electron chi connectivity index (χ1n) is 9.64. The lowest BCUT2D eigenvalue weighted by molar-refractivity contribution is -0.136. The fourth-order valence-corrected chi connectivity index (χ4v) is 5.06. The Morgan fingerprint density at radius 1 is 1.15 bits per heavy atom. The van der Waals surface area contributed by atoms with Gasteiger partial charge in [0.1, 0.15) is 0 Å². The Balaban J connectivity index is 1.60. The molecule has 2 aromatic rings. The zero-order valence-corrected chi connectivity index (χ0v) is 16.7. The van der Waals surface area contributed by atoms with Crippen LogP contribution < -0.4 is 0 Å². The summed E-state index contributed by atoms with van der Waals surface area (Å²) in [5.41, 5.74) is 2.87. The predicted octanol–water partition coefficient (Wildman–Crippen LogP) is 3.19. The number of fused-ring (bicyclic) bond motifs is 2. The van der Waals surface area contributed by atoms with Crippen LogP contribution in [0.1, 0.15) is 55.5 Å². The number of rotatable bonds is 3. The van der Waals surface area contributed by atoms with E-state index < -0.39 is 0 Å². The molecule has 1 aliphatic carbocycles. The van der Waals surface area contributed by atoms with Crippen LogP contribution in [0.4, 0.5) is 0 Å². The highest BCUT2D eigenvalue weighted by molar-refractivity contribution is 7.98. The summed E-state index contributed by atoms with van der Waals surface area (Å²) in [6.07, 6.45) is 9.84. The lowest BCUT2D eigenvalue weighted by atomic mass is 9.78. The second-order valence-corrected chi connectivity index (χ2v) is 8.36. The number of piperidine rings is 1. The van der Waals surface area contributed by atoms with Crippen molar-refractivity contribution in [2.75, 3.05) is 12.8 Å². The van der Waals surface area contributed by atoms with E-state index in [9.17, 15) is 4.79 Å². The molecule has 140 valence electrons. The quantitative estimate of drug-likeness (QED) is 0.773. The fraction of sp³-hybridized carbons (Fsp3) is 0.684. The van der Waals surface area contributed by atoms with Gasteiger partial charge in [-0.1, -0.05) is 24.6 Å². The molecule has 0 spiro atoms. The molecule has 2 aliphatic rings. The first-order valence-corrected chi connectivity index (χ1v) is 10.9. The van der Waals surface area contributed by atoms with Gasteiger partial charge in [0.25, 0.3) is 5.78 Å². The number of carbonyl (C=O) groups excluding carboxylic acids is 1. The molecule has 26 heavy (non-hydrogen) atoms. The molecule has 1 aliphatic heterocycles. The average Bonchev–Trinajstić information content (AvgIpc) is 3.07. The van der Waals surface area contributed by atoms with Crippen molar-refractivity contribution >= 4 is 23.4 Å². The second-order valence-electron chi connectivity index (χ2n) is 7.59. The molecular weight excluding hydrogens is 346 g/mol. The van der Waals surface area contributed by atoms with Gasteiger partial charge in [-0.3, -0.25) is 4.79 Å². The van der Waals surface area contributed by atoms with E-state index in [-0.39, 0.29) is 5.91 Å². The van der Waals surface area contributed by atoms with Gasteiger partial charge in [0.05, 0.1) is 6.42 Å². The fourth-order valence-electron chi connectivity index (χ4n) is 4.72. The highest BCUT2D eigenvalue weighted by Crippen LogP contribution is 2.35. The Hall–Kier alpha value is -1.63. The van der Waals surface area contributed by atoms with Gasteiger partial charge in [-0.2, -0.15) is 4.98 Å². The molecule has 1 saturated heterocycles. The van der Waals surface area contributed by atoms with Gasteiger partial charge in [0.15, 0.2) is 0 Å². The van der Waals surface area contributed by atoms with Crippen LogP contribution in [0, 0.1) is 19.8 Å². The monoisotopic (exact) mass is 373 g/mol. The SMILES string of the molecule is CSc1nc2nc(C)c(CC(=O)N3CCC[C@@H]4CCCC[C@@H]43)c(C)n2n1. The van der Waals surface area contributed by atoms with E-state index in [1.165, 1.54) is 43.9 Å². The number of likely N-dealkylation sites (tertiary alicyclic amines) is 1. The zero-order chi connectivity index (χ0) is 18.3. The third-order valence-electron chi connectivity index (χ3n) is 6.10. The van der Waals surface area contributed by atoms with E-state index >= 15 is 0 Å². The summed E-state index contributed by atoms with van der Waals surface area (Å²) in [7, 11) is 0. The van der Waals surface area contributed by atoms with E-state index in [1.54, 1.807) is 4.52 Å². The normalized spacial score (nSPS) is 23.3. The molecule has 0 unspecified atom stereocenters. The van der Waals surface area contributed by atoms with Crippen LogP contribution in [-0.4, -0.2) is 49.2 Å². The average molecular weight is 374 g/mol. The summed E-state index contributed by atoms with van der Waals surface area (Å²) in [5.74, 6) is 1.58.